The Bertz CT molecular complexity index is 740. The minimum atomic E-state index is -3.49. The first-order chi connectivity index (χ1) is 12.8. The highest BCUT2D eigenvalue weighted by Gasteiger charge is 2.36. The molecule has 2 unspecified atom stereocenters. The Labute approximate surface area is 167 Å². The number of fused-ring (bicyclic) bond motifs is 1. The highest BCUT2D eigenvalue weighted by Crippen LogP contribution is 2.35. The smallest absolute Gasteiger partial charge is 0.238 e. The maximum atomic E-state index is 12.8. The highest BCUT2D eigenvalue weighted by atomic mass is 32.2. The van der Waals surface area contributed by atoms with Crippen LogP contribution in [0.5, 0.6) is 0 Å². The Morgan fingerprint density at radius 3 is 2.78 bits per heavy atom. The van der Waals surface area contributed by atoms with Gasteiger partial charge in [0.2, 0.25) is 5.91 Å². The molecule has 2 atom stereocenters. The zero-order valence-electron chi connectivity index (χ0n) is 16.5. The number of carbonyl (C=O) groups is 1. The molecule has 1 aromatic rings. The second-order valence-electron chi connectivity index (χ2n) is 8.54. The summed E-state index contributed by atoms with van der Waals surface area (Å²) in [5.74, 6) is 0.462. The molecule has 2 fully saturated rings. The normalized spacial score (nSPS) is 23.4. The third-order valence-corrected chi connectivity index (χ3v) is 8.19. The van der Waals surface area contributed by atoms with Gasteiger partial charge in [-0.2, -0.15) is 0 Å². The SMILES string of the molecule is CC(C)CCc1nc(CS(=O)(=O)CC(=O)N2CCCC3CCCCC32)cs1. The third kappa shape index (κ3) is 5.76. The van der Waals surface area contributed by atoms with Gasteiger partial charge in [0, 0.05) is 18.0 Å². The molecule has 2 aliphatic rings. The molecule has 3 rings (SSSR count). The molecule has 1 aliphatic carbocycles. The fourth-order valence-corrected chi connectivity index (χ4v) is 6.59. The van der Waals surface area contributed by atoms with Gasteiger partial charge in [0.05, 0.1) is 16.5 Å². The first-order valence-electron chi connectivity index (χ1n) is 10.3. The van der Waals surface area contributed by atoms with Gasteiger partial charge in [-0.3, -0.25) is 4.79 Å². The molecule has 0 N–H and O–H groups in total. The minimum absolute atomic E-state index is 0.126. The molecule has 0 radical (unpaired) electrons. The van der Waals surface area contributed by atoms with Crippen LogP contribution in [-0.2, 0) is 26.8 Å². The number of aryl methyl sites for hydroxylation is 1. The molecule has 1 amide bonds. The van der Waals surface area contributed by atoms with Crippen molar-refractivity contribution >= 4 is 27.1 Å². The summed E-state index contributed by atoms with van der Waals surface area (Å²) in [5.41, 5.74) is 0.584. The molecular formula is C20H32N2O3S2. The molecule has 5 nitrogen and oxygen atoms in total. The van der Waals surface area contributed by atoms with E-state index in [0.29, 0.717) is 24.1 Å². The number of rotatable bonds is 7. The van der Waals surface area contributed by atoms with Gasteiger partial charge in [-0.25, -0.2) is 13.4 Å². The Balaban J connectivity index is 1.58. The zero-order chi connectivity index (χ0) is 19.4. The highest BCUT2D eigenvalue weighted by molar-refractivity contribution is 7.91. The van der Waals surface area contributed by atoms with Gasteiger partial charge in [-0.15, -0.1) is 11.3 Å². The number of thiazole rings is 1. The average molecular weight is 413 g/mol. The van der Waals surface area contributed by atoms with Crippen LogP contribution in [0.15, 0.2) is 5.38 Å². The van der Waals surface area contributed by atoms with Crippen LogP contribution in [0.25, 0.3) is 0 Å². The molecule has 1 aromatic heterocycles. The summed E-state index contributed by atoms with van der Waals surface area (Å²) in [7, 11) is -3.49. The van der Waals surface area contributed by atoms with Gasteiger partial charge in [0.1, 0.15) is 5.75 Å². The number of piperidine rings is 1. The topological polar surface area (TPSA) is 67.3 Å². The Morgan fingerprint density at radius 2 is 2.00 bits per heavy atom. The largest absolute Gasteiger partial charge is 0.339 e. The van der Waals surface area contributed by atoms with Gasteiger partial charge in [0.25, 0.3) is 0 Å². The molecule has 27 heavy (non-hydrogen) atoms. The molecule has 7 heteroatoms. The first-order valence-corrected chi connectivity index (χ1v) is 13.0. The fraction of sp³-hybridized carbons (Fsp3) is 0.800. The van der Waals surface area contributed by atoms with Crippen LogP contribution in [0, 0.1) is 11.8 Å². The van der Waals surface area contributed by atoms with E-state index in [2.05, 4.69) is 18.8 Å². The molecule has 152 valence electrons. The maximum absolute atomic E-state index is 12.8. The lowest BCUT2D eigenvalue weighted by molar-refractivity contribution is -0.134. The number of carbonyl (C=O) groups excluding carboxylic acids is 1. The molecule has 0 bridgehead atoms. The molecule has 1 saturated carbocycles. The van der Waals surface area contributed by atoms with E-state index in [1.807, 2.05) is 10.3 Å². The van der Waals surface area contributed by atoms with E-state index in [1.165, 1.54) is 30.6 Å². The number of hydrogen-bond acceptors (Lipinski definition) is 5. The van der Waals surface area contributed by atoms with E-state index in [-0.39, 0.29) is 23.5 Å². The van der Waals surface area contributed by atoms with Crippen LogP contribution in [0.2, 0.25) is 0 Å². The van der Waals surface area contributed by atoms with E-state index < -0.39 is 9.84 Å². The zero-order valence-corrected chi connectivity index (χ0v) is 18.2. The monoisotopic (exact) mass is 412 g/mol. The van der Waals surface area contributed by atoms with E-state index in [0.717, 1.165) is 37.1 Å². The van der Waals surface area contributed by atoms with Gasteiger partial charge in [0.15, 0.2) is 9.84 Å². The molecule has 0 spiro atoms. The average Bonchev–Trinajstić information content (AvgIpc) is 3.05. The number of likely N-dealkylation sites (tertiary alicyclic amines) is 1. The lowest BCUT2D eigenvalue weighted by atomic mass is 9.78. The van der Waals surface area contributed by atoms with E-state index >= 15 is 0 Å². The van der Waals surface area contributed by atoms with Crippen LogP contribution in [-0.4, -0.2) is 42.5 Å². The van der Waals surface area contributed by atoms with Crippen molar-refractivity contribution in [1.82, 2.24) is 9.88 Å². The summed E-state index contributed by atoms with van der Waals surface area (Å²) in [5, 5.41) is 2.82. The number of sulfone groups is 1. The summed E-state index contributed by atoms with van der Waals surface area (Å²) < 4.78 is 25.2. The summed E-state index contributed by atoms with van der Waals surface area (Å²) >= 11 is 1.52. The number of hydrogen-bond donors (Lipinski definition) is 0. The summed E-state index contributed by atoms with van der Waals surface area (Å²) in [4.78, 5) is 19.1. The Kier molecular flexibility index (Phi) is 6.95. The van der Waals surface area contributed by atoms with Crippen molar-refractivity contribution in [2.45, 2.75) is 77.0 Å². The van der Waals surface area contributed by atoms with Crippen LogP contribution in [0.3, 0.4) is 0 Å². The Morgan fingerprint density at radius 1 is 1.26 bits per heavy atom. The van der Waals surface area contributed by atoms with Crippen LogP contribution < -0.4 is 0 Å². The number of amides is 1. The van der Waals surface area contributed by atoms with Crippen LogP contribution >= 0.6 is 11.3 Å². The predicted octanol–water partition coefficient (Wildman–Crippen LogP) is 3.83. The predicted molar refractivity (Wildman–Crippen MR) is 109 cm³/mol. The molecular weight excluding hydrogens is 380 g/mol. The van der Waals surface area contributed by atoms with Gasteiger partial charge >= 0.3 is 0 Å². The quantitative estimate of drug-likeness (QED) is 0.683. The van der Waals surface area contributed by atoms with Crippen molar-refractivity contribution in [3.05, 3.63) is 16.1 Å². The minimum Gasteiger partial charge on any atom is -0.339 e. The molecule has 1 aliphatic heterocycles. The van der Waals surface area contributed by atoms with Crippen LogP contribution in [0.4, 0.5) is 0 Å². The second-order valence-corrected chi connectivity index (χ2v) is 11.5. The van der Waals surface area contributed by atoms with E-state index in [4.69, 9.17) is 0 Å². The van der Waals surface area contributed by atoms with Crippen molar-refractivity contribution in [1.29, 1.82) is 0 Å². The van der Waals surface area contributed by atoms with Crippen molar-refractivity contribution in [2.24, 2.45) is 11.8 Å². The second kappa shape index (κ2) is 9.03. The molecule has 1 saturated heterocycles. The standard InChI is InChI=1S/C20H32N2O3S2/c1-15(2)9-10-19-21-17(12-26-19)13-27(24,25)14-20(23)22-11-5-7-16-6-3-4-8-18(16)22/h12,15-16,18H,3-11,13-14H2,1-2H3. The third-order valence-electron chi connectivity index (χ3n) is 5.81. The summed E-state index contributed by atoms with van der Waals surface area (Å²) in [6.07, 6.45) is 8.71. The van der Waals surface area contributed by atoms with Gasteiger partial charge < -0.3 is 4.90 Å². The summed E-state index contributed by atoms with van der Waals surface area (Å²) in [6.45, 7) is 5.05. The maximum Gasteiger partial charge on any atom is 0.238 e. The van der Waals surface area contributed by atoms with Crippen molar-refractivity contribution in [3.8, 4) is 0 Å². The summed E-state index contributed by atoms with van der Waals surface area (Å²) in [6, 6.07) is 0.261. The lowest BCUT2D eigenvalue weighted by Gasteiger charge is -2.44. The van der Waals surface area contributed by atoms with Gasteiger partial charge in [-0.1, -0.05) is 26.7 Å². The fourth-order valence-electron chi connectivity index (χ4n) is 4.42. The lowest BCUT2D eigenvalue weighted by Crippen LogP contribution is -2.51. The van der Waals surface area contributed by atoms with Crippen molar-refractivity contribution in [2.75, 3.05) is 12.3 Å². The van der Waals surface area contributed by atoms with E-state index in [9.17, 15) is 13.2 Å². The van der Waals surface area contributed by atoms with Crippen molar-refractivity contribution in [3.63, 3.8) is 0 Å². The Hall–Kier alpha value is -0.950. The first kappa shape index (κ1) is 20.8. The molecule has 2 heterocycles. The van der Waals surface area contributed by atoms with Crippen molar-refractivity contribution < 1.29 is 13.2 Å². The van der Waals surface area contributed by atoms with Gasteiger partial charge in [-0.05, 0) is 50.4 Å². The van der Waals surface area contributed by atoms with E-state index in [1.54, 1.807) is 0 Å². The number of aromatic nitrogens is 1. The molecule has 0 aromatic carbocycles. The van der Waals surface area contributed by atoms with Crippen LogP contribution in [0.1, 0.15) is 69.5 Å². The number of nitrogens with zero attached hydrogens (tertiary/aromatic N) is 2.